The van der Waals surface area contributed by atoms with Crippen LogP contribution in [-0.2, 0) is 15.7 Å². The zero-order valence-electron chi connectivity index (χ0n) is 18.4. The lowest BCUT2D eigenvalue weighted by molar-refractivity contribution is -0.137. The maximum absolute atomic E-state index is 13.1. The molecular weight excluding hydrogens is 455 g/mol. The highest BCUT2D eigenvalue weighted by Gasteiger charge is 2.30. The number of aromatic nitrogens is 2. The molecule has 0 unspecified atom stereocenters. The van der Waals surface area contributed by atoms with Gasteiger partial charge in [0, 0.05) is 11.8 Å². The molecule has 0 fully saturated rings. The fourth-order valence-electron chi connectivity index (χ4n) is 3.07. The molecule has 34 heavy (non-hydrogen) atoms. The minimum absolute atomic E-state index is 0.00865. The second kappa shape index (κ2) is 9.77. The number of hydrogen-bond acceptors (Lipinski definition) is 6. The molecule has 11 heteroatoms. The van der Waals surface area contributed by atoms with Crippen LogP contribution in [0, 0.1) is 13.8 Å². The fourth-order valence-corrected chi connectivity index (χ4v) is 3.07. The lowest BCUT2D eigenvalue weighted by Crippen LogP contribution is -2.27. The Morgan fingerprint density at radius 1 is 1.09 bits per heavy atom. The van der Waals surface area contributed by atoms with Crippen molar-refractivity contribution in [2.24, 2.45) is 0 Å². The third-order valence-electron chi connectivity index (χ3n) is 4.68. The van der Waals surface area contributed by atoms with Crippen LogP contribution in [0.2, 0.25) is 0 Å². The van der Waals surface area contributed by atoms with Crippen molar-refractivity contribution in [2.75, 3.05) is 19.0 Å². The third kappa shape index (κ3) is 5.61. The first-order valence-electron chi connectivity index (χ1n) is 9.90. The van der Waals surface area contributed by atoms with Crippen molar-refractivity contribution in [3.63, 3.8) is 0 Å². The van der Waals surface area contributed by atoms with E-state index in [4.69, 9.17) is 9.47 Å². The lowest BCUT2D eigenvalue weighted by Gasteiger charge is -2.13. The fraction of sp³-hybridized carbons (Fsp3) is 0.217. The minimum Gasteiger partial charge on any atom is -0.495 e. The number of carbonyl (C=O) groups is 2. The Morgan fingerprint density at radius 2 is 1.82 bits per heavy atom. The molecule has 1 N–H and O–H groups in total. The van der Waals surface area contributed by atoms with Gasteiger partial charge in [0.2, 0.25) is 11.1 Å². The monoisotopic (exact) mass is 475 g/mol. The van der Waals surface area contributed by atoms with Crippen molar-refractivity contribution >= 4 is 17.6 Å². The number of amides is 1. The number of hydrogen-bond donors (Lipinski definition) is 1. The maximum atomic E-state index is 13.1. The summed E-state index contributed by atoms with van der Waals surface area (Å²) in [5, 5.41) is 6.42. The molecule has 0 aliphatic heterocycles. The number of rotatable bonds is 6. The van der Waals surface area contributed by atoms with Crippen LogP contribution < -0.4 is 15.5 Å². The molecule has 0 bridgehead atoms. The number of alkyl halides is 3. The Kier molecular flexibility index (Phi) is 7.04. The molecule has 3 rings (SSSR count). The van der Waals surface area contributed by atoms with Gasteiger partial charge in [-0.05, 0) is 49.7 Å². The normalized spacial score (nSPS) is 11.1. The molecule has 0 saturated heterocycles. The van der Waals surface area contributed by atoms with Gasteiger partial charge in [-0.15, -0.1) is 0 Å². The summed E-state index contributed by atoms with van der Waals surface area (Å²) < 4.78 is 50.3. The van der Waals surface area contributed by atoms with E-state index in [9.17, 15) is 27.6 Å². The van der Waals surface area contributed by atoms with Gasteiger partial charge >= 0.3 is 12.1 Å². The Labute approximate surface area is 191 Å². The zero-order valence-corrected chi connectivity index (χ0v) is 18.4. The maximum Gasteiger partial charge on any atom is 0.416 e. The summed E-state index contributed by atoms with van der Waals surface area (Å²) in [6, 6.07) is 10.4. The summed E-state index contributed by atoms with van der Waals surface area (Å²) in [4.78, 5) is 36.9. The Bertz CT molecular complexity index is 1300. The first kappa shape index (κ1) is 24.5. The second-order valence-corrected chi connectivity index (χ2v) is 7.29. The third-order valence-corrected chi connectivity index (χ3v) is 4.68. The van der Waals surface area contributed by atoms with Crippen molar-refractivity contribution in [1.82, 2.24) is 9.78 Å². The van der Waals surface area contributed by atoms with Gasteiger partial charge in [0.25, 0.3) is 5.91 Å². The minimum atomic E-state index is -4.59. The van der Waals surface area contributed by atoms with E-state index in [1.165, 1.54) is 26.2 Å². The summed E-state index contributed by atoms with van der Waals surface area (Å²) in [5.41, 5.74) is -0.987. The molecule has 178 valence electrons. The van der Waals surface area contributed by atoms with E-state index in [2.05, 4.69) is 10.4 Å². The van der Waals surface area contributed by atoms with Crippen molar-refractivity contribution < 1.29 is 32.2 Å². The van der Waals surface area contributed by atoms with Crippen molar-refractivity contribution in [1.29, 1.82) is 0 Å². The number of nitrogens with one attached hydrogen (secondary N) is 1. The van der Waals surface area contributed by atoms with Gasteiger partial charge < -0.3 is 14.8 Å². The standard InChI is InChI=1S/C23H20F3N3O5/c1-13-7-8-19(33-3)17(9-13)27-20(31)12-34-22(32)21-18(30)10-14(2)29(28-21)16-6-4-5-15(11-16)23(24,25)26/h4-11H,12H2,1-3H3,(H,27,31). The number of ether oxygens (including phenoxy) is 2. The molecule has 0 atom stereocenters. The molecule has 0 radical (unpaired) electrons. The molecule has 0 saturated carbocycles. The van der Waals surface area contributed by atoms with E-state index in [1.807, 2.05) is 6.92 Å². The Hall–Kier alpha value is -4.15. The number of methoxy groups -OCH3 is 1. The highest BCUT2D eigenvalue weighted by Crippen LogP contribution is 2.30. The van der Waals surface area contributed by atoms with Gasteiger partial charge in [-0.25, -0.2) is 9.48 Å². The van der Waals surface area contributed by atoms with Crippen molar-refractivity contribution in [3.05, 3.63) is 81.3 Å². The van der Waals surface area contributed by atoms with Gasteiger partial charge in [0.1, 0.15) is 5.75 Å². The number of benzene rings is 2. The topological polar surface area (TPSA) is 99.5 Å². The van der Waals surface area contributed by atoms with E-state index in [-0.39, 0.29) is 11.4 Å². The first-order valence-corrected chi connectivity index (χ1v) is 9.90. The molecule has 0 aliphatic rings. The van der Waals surface area contributed by atoms with Crippen LogP contribution >= 0.6 is 0 Å². The van der Waals surface area contributed by atoms with E-state index in [0.29, 0.717) is 11.4 Å². The summed E-state index contributed by atoms with van der Waals surface area (Å²) in [6.45, 7) is 2.54. The molecular formula is C23H20F3N3O5. The van der Waals surface area contributed by atoms with Crippen LogP contribution in [0.25, 0.3) is 5.69 Å². The van der Waals surface area contributed by atoms with E-state index >= 15 is 0 Å². The number of esters is 1. The molecule has 2 aromatic carbocycles. The molecule has 0 spiro atoms. The zero-order chi connectivity index (χ0) is 25.0. The predicted molar refractivity (Wildman–Crippen MR) is 116 cm³/mol. The van der Waals surface area contributed by atoms with E-state index in [0.717, 1.165) is 28.4 Å². The first-order chi connectivity index (χ1) is 16.0. The van der Waals surface area contributed by atoms with Crippen LogP contribution in [0.5, 0.6) is 5.75 Å². The molecule has 1 amide bonds. The SMILES string of the molecule is COc1ccc(C)cc1NC(=O)COC(=O)c1nn(-c2cccc(C(F)(F)F)c2)c(C)cc1=O. The number of anilines is 1. The highest BCUT2D eigenvalue weighted by molar-refractivity contribution is 5.95. The summed E-state index contributed by atoms with van der Waals surface area (Å²) in [5.74, 6) is -1.49. The number of carbonyl (C=O) groups excluding carboxylic acids is 2. The quantitative estimate of drug-likeness (QED) is 0.546. The molecule has 3 aromatic rings. The summed E-state index contributed by atoms with van der Waals surface area (Å²) in [6.07, 6.45) is -4.59. The molecule has 1 aromatic heterocycles. The predicted octanol–water partition coefficient (Wildman–Crippen LogP) is 3.67. The second-order valence-electron chi connectivity index (χ2n) is 7.29. The summed E-state index contributed by atoms with van der Waals surface area (Å²) >= 11 is 0. The molecule has 8 nitrogen and oxygen atoms in total. The highest BCUT2D eigenvalue weighted by atomic mass is 19.4. The largest absolute Gasteiger partial charge is 0.495 e. The van der Waals surface area contributed by atoms with Crippen LogP contribution in [0.1, 0.15) is 27.3 Å². The average molecular weight is 475 g/mol. The van der Waals surface area contributed by atoms with Crippen molar-refractivity contribution in [2.45, 2.75) is 20.0 Å². The number of nitrogens with zero attached hydrogens (tertiary/aromatic N) is 2. The smallest absolute Gasteiger partial charge is 0.416 e. The van der Waals surface area contributed by atoms with Gasteiger partial charge in [-0.3, -0.25) is 9.59 Å². The Balaban J connectivity index is 1.79. The van der Waals surface area contributed by atoms with Crippen LogP contribution in [-0.4, -0.2) is 35.4 Å². The number of aryl methyl sites for hydroxylation is 2. The van der Waals surface area contributed by atoms with E-state index in [1.54, 1.807) is 18.2 Å². The number of halogens is 3. The molecule has 0 aliphatic carbocycles. The average Bonchev–Trinajstić information content (AvgIpc) is 2.77. The van der Waals surface area contributed by atoms with E-state index < -0.39 is 41.3 Å². The van der Waals surface area contributed by atoms with Gasteiger partial charge in [0.05, 0.1) is 24.0 Å². The lowest BCUT2D eigenvalue weighted by atomic mass is 10.2. The molecule has 1 heterocycles. The van der Waals surface area contributed by atoms with Crippen molar-refractivity contribution in [3.8, 4) is 11.4 Å². The Morgan fingerprint density at radius 3 is 2.50 bits per heavy atom. The summed E-state index contributed by atoms with van der Waals surface area (Å²) in [7, 11) is 1.43. The van der Waals surface area contributed by atoms with Gasteiger partial charge in [-0.2, -0.15) is 18.3 Å². The van der Waals surface area contributed by atoms with Crippen LogP contribution in [0.3, 0.4) is 0 Å². The van der Waals surface area contributed by atoms with Crippen LogP contribution in [0.15, 0.2) is 53.3 Å². The van der Waals surface area contributed by atoms with Crippen LogP contribution in [0.4, 0.5) is 18.9 Å². The van der Waals surface area contributed by atoms with Gasteiger partial charge in [0.15, 0.2) is 6.61 Å². The van der Waals surface area contributed by atoms with Gasteiger partial charge in [-0.1, -0.05) is 12.1 Å².